The van der Waals surface area contributed by atoms with E-state index in [-0.39, 0.29) is 22.9 Å². The number of amides is 1. The molecule has 7 heteroatoms. The van der Waals surface area contributed by atoms with Crippen LogP contribution in [-0.4, -0.2) is 17.0 Å². The molecule has 0 aliphatic carbocycles. The van der Waals surface area contributed by atoms with Gasteiger partial charge in [-0.15, -0.1) is 22.9 Å². The fourth-order valence-corrected chi connectivity index (χ4v) is 4.01. The third-order valence-corrected chi connectivity index (χ3v) is 5.49. The second kappa shape index (κ2) is 8.57. The largest absolute Gasteiger partial charge is 0.478 e. The summed E-state index contributed by atoms with van der Waals surface area (Å²) in [4.78, 5) is 24.1. The van der Waals surface area contributed by atoms with Crippen molar-refractivity contribution in [1.82, 2.24) is 0 Å². The molecule has 27 heavy (non-hydrogen) atoms. The number of thiophene rings is 1. The highest BCUT2D eigenvalue weighted by Crippen LogP contribution is 2.36. The van der Waals surface area contributed by atoms with Gasteiger partial charge in [0.1, 0.15) is 10.6 Å². The van der Waals surface area contributed by atoms with Gasteiger partial charge < -0.3 is 10.4 Å². The highest BCUT2D eigenvalue weighted by atomic mass is 35.5. The minimum absolute atomic E-state index is 0.0405. The molecule has 0 aliphatic rings. The standard InChI is InChI=1S/C20H15Cl2NO3S/c21-14-8-6-12(7-9-14)15-11-27-19(18(15)20(25)26)23-17(24)10-16(22)13-4-2-1-3-5-13/h1-9,11,16H,10H2,(H,23,24)(H,25,26). The molecule has 4 nitrogen and oxygen atoms in total. The summed E-state index contributed by atoms with van der Waals surface area (Å²) >= 11 is 13.4. The number of aromatic carboxylic acids is 1. The van der Waals surface area contributed by atoms with Crippen molar-refractivity contribution in [2.75, 3.05) is 5.32 Å². The summed E-state index contributed by atoms with van der Waals surface area (Å²) in [6, 6.07) is 16.1. The Morgan fingerprint density at radius 2 is 1.74 bits per heavy atom. The normalized spacial score (nSPS) is 11.8. The summed E-state index contributed by atoms with van der Waals surface area (Å²) in [6.45, 7) is 0. The molecule has 138 valence electrons. The van der Waals surface area contributed by atoms with E-state index in [9.17, 15) is 14.7 Å². The van der Waals surface area contributed by atoms with Crippen molar-refractivity contribution >= 4 is 51.4 Å². The molecular formula is C20H15Cl2NO3S. The molecule has 0 saturated carbocycles. The molecule has 2 aromatic carbocycles. The minimum atomic E-state index is -1.11. The molecule has 0 fully saturated rings. The van der Waals surface area contributed by atoms with Gasteiger partial charge in [-0.1, -0.05) is 54.1 Å². The van der Waals surface area contributed by atoms with E-state index < -0.39 is 11.3 Å². The van der Waals surface area contributed by atoms with Crippen LogP contribution in [0.5, 0.6) is 0 Å². The molecule has 1 amide bonds. The van der Waals surface area contributed by atoms with E-state index in [1.165, 1.54) is 11.3 Å². The zero-order valence-corrected chi connectivity index (χ0v) is 16.3. The number of benzene rings is 2. The third kappa shape index (κ3) is 4.69. The van der Waals surface area contributed by atoms with E-state index in [1.54, 1.807) is 29.6 Å². The van der Waals surface area contributed by atoms with E-state index in [2.05, 4.69) is 5.32 Å². The first-order chi connectivity index (χ1) is 13.0. The van der Waals surface area contributed by atoms with Crippen molar-refractivity contribution in [3.63, 3.8) is 0 Å². The van der Waals surface area contributed by atoms with Crippen molar-refractivity contribution in [2.24, 2.45) is 0 Å². The predicted molar refractivity (Wildman–Crippen MR) is 110 cm³/mol. The van der Waals surface area contributed by atoms with Crippen molar-refractivity contribution in [3.8, 4) is 11.1 Å². The molecular weight excluding hydrogens is 405 g/mol. The van der Waals surface area contributed by atoms with Gasteiger partial charge in [-0.25, -0.2) is 4.79 Å². The smallest absolute Gasteiger partial charge is 0.339 e. The highest BCUT2D eigenvalue weighted by Gasteiger charge is 2.22. The van der Waals surface area contributed by atoms with Crippen LogP contribution in [-0.2, 0) is 4.79 Å². The number of carbonyl (C=O) groups is 2. The minimum Gasteiger partial charge on any atom is -0.478 e. The zero-order valence-electron chi connectivity index (χ0n) is 14.0. The van der Waals surface area contributed by atoms with Crippen LogP contribution in [0.15, 0.2) is 60.0 Å². The third-order valence-electron chi connectivity index (χ3n) is 3.94. The molecule has 0 saturated heterocycles. The Bertz CT molecular complexity index is 955. The molecule has 1 unspecified atom stereocenters. The number of carboxylic acids is 1. The molecule has 0 radical (unpaired) electrons. The van der Waals surface area contributed by atoms with E-state index in [0.717, 1.165) is 5.56 Å². The molecule has 1 aromatic heterocycles. The summed E-state index contributed by atoms with van der Waals surface area (Å²) in [5.41, 5.74) is 2.14. The van der Waals surface area contributed by atoms with Gasteiger partial charge in [-0.2, -0.15) is 0 Å². The van der Waals surface area contributed by atoms with Gasteiger partial charge in [0.15, 0.2) is 0 Å². The average molecular weight is 420 g/mol. The Morgan fingerprint density at radius 3 is 2.37 bits per heavy atom. The Balaban J connectivity index is 1.79. The van der Waals surface area contributed by atoms with Gasteiger partial charge in [0.2, 0.25) is 5.91 Å². The van der Waals surface area contributed by atoms with Crippen LogP contribution >= 0.6 is 34.5 Å². The lowest BCUT2D eigenvalue weighted by Gasteiger charge is -2.10. The van der Waals surface area contributed by atoms with Crippen LogP contribution in [0.3, 0.4) is 0 Å². The Labute approximate surface area is 170 Å². The summed E-state index contributed by atoms with van der Waals surface area (Å²) in [5.74, 6) is -1.45. The zero-order chi connectivity index (χ0) is 19.4. The molecule has 0 aliphatic heterocycles. The summed E-state index contributed by atoms with van der Waals surface area (Å²) in [6.07, 6.45) is 0.0405. The summed E-state index contributed by atoms with van der Waals surface area (Å²) in [7, 11) is 0. The second-order valence-corrected chi connectivity index (χ2v) is 7.64. The second-order valence-electron chi connectivity index (χ2n) is 5.80. The lowest BCUT2D eigenvalue weighted by molar-refractivity contribution is -0.116. The van der Waals surface area contributed by atoms with Gasteiger partial charge in [-0.3, -0.25) is 4.79 Å². The number of carboxylic acid groups (broad SMARTS) is 1. The lowest BCUT2D eigenvalue weighted by Crippen LogP contribution is -2.15. The first-order valence-corrected chi connectivity index (χ1v) is 9.74. The summed E-state index contributed by atoms with van der Waals surface area (Å²) in [5, 5.41) is 14.4. The highest BCUT2D eigenvalue weighted by molar-refractivity contribution is 7.15. The number of carbonyl (C=O) groups excluding carboxylic acids is 1. The summed E-state index contributed by atoms with van der Waals surface area (Å²) < 4.78 is 0. The van der Waals surface area contributed by atoms with Crippen molar-refractivity contribution in [2.45, 2.75) is 11.8 Å². The number of halogens is 2. The molecule has 1 heterocycles. The number of nitrogens with one attached hydrogen (secondary N) is 1. The molecule has 3 rings (SSSR count). The maximum Gasteiger partial charge on any atom is 0.339 e. The molecule has 0 bridgehead atoms. The Kier molecular flexibility index (Phi) is 6.16. The number of hydrogen-bond acceptors (Lipinski definition) is 3. The Hall–Kier alpha value is -2.34. The van der Waals surface area contributed by atoms with Crippen molar-refractivity contribution < 1.29 is 14.7 Å². The lowest BCUT2D eigenvalue weighted by atomic mass is 10.0. The Morgan fingerprint density at radius 1 is 1.07 bits per heavy atom. The maximum atomic E-state index is 12.4. The van der Waals surface area contributed by atoms with Gasteiger partial charge in [0, 0.05) is 22.4 Å². The number of rotatable bonds is 6. The molecule has 2 N–H and O–H groups in total. The maximum absolute atomic E-state index is 12.4. The first kappa shape index (κ1) is 19.4. The topological polar surface area (TPSA) is 66.4 Å². The number of anilines is 1. The fourth-order valence-electron chi connectivity index (χ4n) is 2.62. The van der Waals surface area contributed by atoms with E-state index in [1.807, 2.05) is 30.3 Å². The van der Waals surface area contributed by atoms with Gasteiger partial charge in [0.25, 0.3) is 0 Å². The number of alkyl halides is 1. The molecule has 3 aromatic rings. The van der Waals surface area contributed by atoms with Gasteiger partial charge in [-0.05, 0) is 23.3 Å². The predicted octanol–water partition coefficient (Wildman–Crippen LogP) is 6.08. The monoisotopic (exact) mass is 419 g/mol. The van der Waals surface area contributed by atoms with Gasteiger partial charge >= 0.3 is 5.97 Å². The van der Waals surface area contributed by atoms with Crippen LogP contribution in [0.4, 0.5) is 5.00 Å². The first-order valence-electron chi connectivity index (χ1n) is 8.05. The van der Waals surface area contributed by atoms with Crippen molar-refractivity contribution in [3.05, 3.63) is 76.1 Å². The van der Waals surface area contributed by atoms with Gasteiger partial charge in [0.05, 0.1) is 5.38 Å². The van der Waals surface area contributed by atoms with Crippen LogP contribution in [0.1, 0.15) is 27.7 Å². The van der Waals surface area contributed by atoms with Crippen molar-refractivity contribution in [1.29, 1.82) is 0 Å². The molecule has 1 atom stereocenters. The van der Waals surface area contributed by atoms with Crippen LogP contribution in [0.25, 0.3) is 11.1 Å². The van der Waals surface area contributed by atoms with E-state index in [4.69, 9.17) is 23.2 Å². The van der Waals surface area contributed by atoms with E-state index in [0.29, 0.717) is 16.1 Å². The van der Waals surface area contributed by atoms with Crippen LogP contribution < -0.4 is 5.32 Å². The quantitative estimate of drug-likeness (QED) is 0.476. The SMILES string of the molecule is O=C(CC(Cl)c1ccccc1)Nc1scc(-c2ccc(Cl)cc2)c1C(=O)O. The van der Waals surface area contributed by atoms with Crippen LogP contribution in [0, 0.1) is 0 Å². The molecule has 0 spiro atoms. The number of hydrogen-bond donors (Lipinski definition) is 2. The average Bonchev–Trinajstić information content (AvgIpc) is 3.06. The van der Waals surface area contributed by atoms with E-state index >= 15 is 0 Å². The fraction of sp³-hybridized carbons (Fsp3) is 0.100. The van der Waals surface area contributed by atoms with Crippen LogP contribution in [0.2, 0.25) is 5.02 Å².